The fourth-order valence-corrected chi connectivity index (χ4v) is 2.71. The summed E-state index contributed by atoms with van der Waals surface area (Å²) in [7, 11) is 2.07. The molecule has 0 fully saturated rings. The fraction of sp³-hybridized carbons (Fsp3) is 0.188. The van der Waals surface area contributed by atoms with Gasteiger partial charge in [-0.05, 0) is 30.7 Å². The van der Waals surface area contributed by atoms with Gasteiger partial charge in [-0.25, -0.2) is 4.99 Å². The molecule has 0 spiro atoms. The van der Waals surface area contributed by atoms with Crippen molar-refractivity contribution in [2.24, 2.45) is 4.99 Å². The molecule has 1 aliphatic rings. The van der Waals surface area contributed by atoms with E-state index in [0.717, 1.165) is 22.1 Å². The van der Waals surface area contributed by atoms with Crippen molar-refractivity contribution < 1.29 is 0 Å². The lowest BCUT2D eigenvalue weighted by molar-refractivity contribution is 0.419. The van der Waals surface area contributed by atoms with Crippen molar-refractivity contribution in [2.45, 2.75) is 13.0 Å². The summed E-state index contributed by atoms with van der Waals surface area (Å²) in [6, 6.07) is 16.5. The zero-order valence-corrected chi connectivity index (χ0v) is 11.7. The summed E-state index contributed by atoms with van der Waals surface area (Å²) in [5.74, 6) is 1.02. The quantitative estimate of drug-likeness (QED) is 0.749. The van der Waals surface area contributed by atoms with E-state index < -0.39 is 0 Å². The fourth-order valence-electron chi connectivity index (χ4n) is 2.53. The number of hydrogen-bond acceptors (Lipinski definition) is 2. The highest BCUT2D eigenvalue weighted by molar-refractivity contribution is 6.30. The Balaban J connectivity index is 2.19. The average Bonchev–Trinajstić information content (AvgIpc) is 2.42. The Labute approximate surface area is 118 Å². The Kier molecular flexibility index (Phi) is 3.03. The Morgan fingerprint density at radius 1 is 1.11 bits per heavy atom. The van der Waals surface area contributed by atoms with Crippen molar-refractivity contribution >= 4 is 23.1 Å². The summed E-state index contributed by atoms with van der Waals surface area (Å²) in [6.45, 7) is 2.04. The van der Waals surface area contributed by atoms with Gasteiger partial charge in [-0.1, -0.05) is 41.9 Å². The Hall–Kier alpha value is -1.80. The number of hydrogen-bond donors (Lipinski definition) is 0. The second-order valence-electron chi connectivity index (χ2n) is 4.79. The second kappa shape index (κ2) is 4.71. The molecular formula is C16H15ClN2. The van der Waals surface area contributed by atoms with Crippen LogP contribution < -0.4 is 0 Å². The molecular weight excluding hydrogens is 256 g/mol. The third kappa shape index (κ3) is 2.13. The summed E-state index contributed by atoms with van der Waals surface area (Å²) in [4.78, 5) is 6.82. The molecule has 0 saturated heterocycles. The molecule has 2 aromatic carbocycles. The van der Waals surface area contributed by atoms with Crippen molar-refractivity contribution in [3.8, 4) is 0 Å². The predicted octanol–water partition coefficient (Wildman–Crippen LogP) is 4.42. The van der Waals surface area contributed by atoms with Crippen LogP contribution in [-0.2, 0) is 0 Å². The van der Waals surface area contributed by atoms with Crippen LogP contribution in [0.15, 0.2) is 53.5 Å². The molecule has 96 valence electrons. The van der Waals surface area contributed by atoms with Gasteiger partial charge < -0.3 is 4.90 Å². The molecule has 0 saturated carbocycles. The van der Waals surface area contributed by atoms with E-state index in [9.17, 15) is 0 Å². The van der Waals surface area contributed by atoms with Crippen LogP contribution in [0.5, 0.6) is 0 Å². The molecule has 3 heteroatoms. The predicted molar refractivity (Wildman–Crippen MR) is 80.3 cm³/mol. The first-order valence-electron chi connectivity index (χ1n) is 6.29. The minimum atomic E-state index is 0.174. The van der Waals surface area contributed by atoms with Gasteiger partial charge in [-0.3, -0.25) is 0 Å². The summed E-state index contributed by atoms with van der Waals surface area (Å²) in [6.07, 6.45) is 0. The second-order valence-corrected chi connectivity index (χ2v) is 5.22. The standard InChI is InChI=1S/C16H15ClN2/c1-11-18-15-9-8-13(17)10-14(15)16(19(11)2)12-6-4-3-5-7-12/h3-10,16H,1-2H3. The van der Waals surface area contributed by atoms with E-state index in [1.54, 1.807) is 0 Å². The van der Waals surface area contributed by atoms with E-state index in [-0.39, 0.29) is 6.04 Å². The zero-order chi connectivity index (χ0) is 13.4. The highest BCUT2D eigenvalue weighted by Crippen LogP contribution is 2.39. The Morgan fingerprint density at radius 3 is 2.58 bits per heavy atom. The van der Waals surface area contributed by atoms with E-state index in [2.05, 4.69) is 41.2 Å². The molecule has 0 amide bonds. The van der Waals surface area contributed by atoms with Gasteiger partial charge >= 0.3 is 0 Å². The molecule has 19 heavy (non-hydrogen) atoms. The summed E-state index contributed by atoms with van der Waals surface area (Å²) < 4.78 is 0. The molecule has 0 bridgehead atoms. The molecule has 0 aliphatic carbocycles. The topological polar surface area (TPSA) is 15.6 Å². The van der Waals surface area contributed by atoms with Gasteiger partial charge in [0.05, 0.1) is 11.7 Å². The highest BCUT2D eigenvalue weighted by Gasteiger charge is 2.26. The van der Waals surface area contributed by atoms with Crippen molar-refractivity contribution in [2.75, 3.05) is 7.05 Å². The van der Waals surface area contributed by atoms with Gasteiger partial charge in [0, 0.05) is 17.6 Å². The molecule has 0 N–H and O–H groups in total. The summed E-state index contributed by atoms with van der Waals surface area (Å²) >= 11 is 6.15. The van der Waals surface area contributed by atoms with Crippen molar-refractivity contribution in [1.82, 2.24) is 4.90 Å². The first kappa shape index (κ1) is 12.2. The van der Waals surface area contributed by atoms with Gasteiger partial charge in [-0.15, -0.1) is 0 Å². The molecule has 3 rings (SSSR count). The van der Waals surface area contributed by atoms with Crippen LogP contribution in [-0.4, -0.2) is 17.8 Å². The molecule has 0 aromatic heterocycles. The third-order valence-corrected chi connectivity index (χ3v) is 3.81. The first-order valence-corrected chi connectivity index (χ1v) is 6.67. The van der Waals surface area contributed by atoms with Crippen LogP contribution in [0.4, 0.5) is 5.69 Å². The SMILES string of the molecule is CC1=Nc2ccc(Cl)cc2C(c2ccccc2)N1C. The zero-order valence-electron chi connectivity index (χ0n) is 11.0. The largest absolute Gasteiger partial charge is 0.352 e. The maximum atomic E-state index is 6.15. The van der Waals surface area contributed by atoms with E-state index in [1.165, 1.54) is 5.56 Å². The number of aliphatic imine (C=N–C) groups is 1. The van der Waals surface area contributed by atoms with Gasteiger partial charge in [0.25, 0.3) is 0 Å². The molecule has 1 unspecified atom stereocenters. The van der Waals surface area contributed by atoms with Gasteiger partial charge in [0.2, 0.25) is 0 Å². The van der Waals surface area contributed by atoms with Crippen molar-refractivity contribution in [3.63, 3.8) is 0 Å². The van der Waals surface area contributed by atoms with Crippen molar-refractivity contribution in [1.29, 1.82) is 0 Å². The van der Waals surface area contributed by atoms with Crippen LogP contribution in [0.2, 0.25) is 5.02 Å². The smallest absolute Gasteiger partial charge is 0.102 e. The first-order chi connectivity index (χ1) is 9.16. The van der Waals surface area contributed by atoms with E-state index >= 15 is 0 Å². The lowest BCUT2D eigenvalue weighted by Gasteiger charge is -2.34. The monoisotopic (exact) mass is 270 g/mol. The van der Waals surface area contributed by atoms with E-state index in [1.807, 2.05) is 31.2 Å². The Bertz CT molecular complexity index is 634. The maximum Gasteiger partial charge on any atom is 0.102 e. The number of fused-ring (bicyclic) bond motifs is 1. The third-order valence-electron chi connectivity index (χ3n) is 3.58. The number of benzene rings is 2. The average molecular weight is 271 g/mol. The Morgan fingerprint density at radius 2 is 1.84 bits per heavy atom. The lowest BCUT2D eigenvalue weighted by Crippen LogP contribution is -2.32. The summed E-state index contributed by atoms with van der Waals surface area (Å²) in [5, 5.41) is 0.753. The molecule has 2 nitrogen and oxygen atoms in total. The van der Waals surface area contributed by atoms with Gasteiger partial charge in [0.1, 0.15) is 5.84 Å². The number of rotatable bonds is 1. The molecule has 2 aromatic rings. The number of halogens is 1. The molecule has 1 atom stereocenters. The molecule has 1 heterocycles. The maximum absolute atomic E-state index is 6.15. The minimum Gasteiger partial charge on any atom is -0.352 e. The van der Waals surface area contributed by atoms with Gasteiger partial charge in [-0.2, -0.15) is 0 Å². The van der Waals surface area contributed by atoms with Crippen LogP contribution in [0.3, 0.4) is 0 Å². The number of nitrogens with zero attached hydrogens (tertiary/aromatic N) is 2. The highest BCUT2D eigenvalue weighted by atomic mass is 35.5. The van der Waals surface area contributed by atoms with Crippen LogP contribution in [0, 0.1) is 0 Å². The van der Waals surface area contributed by atoms with E-state index in [4.69, 9.17) is 11.6 Å². The molecule has 0 radical (unpaired) electrons. The molecule has 1 aliphatic heterocycles. The lowest BCUT2D eigenvalue weighted by atomic mass is 9.94. The normalized spacial score (nSPS) is 17.9. The number of amidine groups is 1. The minimum absolute atomic E-state index is 0.174. The summed E-state index contributed by atoms with van der Waals surface area (Å²) in [5.41, 5.74) is 3.42. The van der Waals surface area contributed by atoms with E-state index in [0.29, 0.717) is 0 Å². The van der Waals surface area contributed by atoms with Crippen LogP contribution >= 0.6 is 11.6 Å². The van der Waals surface area contributed by atoms with Gasteiger partial charge in [0.15, 0.2) is 0 Å². The van der Waals surface area contributed by atoms with Crippen LogP contribution in [0.1, 0.15) is 24.1 Å². The van der Waals surface area contributed by atoms with Crippen molar-refractivity contribution in [3.05, 3.63) is 64.7 Å². The van der Waals surface area contributed by atoms with Crippen LogP contribution in [0.25, 0.3) is 0 Å².